The molecule has 0 spiro atoms. The van der Waals surface area contributed by atoms with Crippen LogP contribution in [0.15, 0.2) is 60.8 Å². The molecule has 0 radical (unpaired) electrons. The molecule has 0 saturated heterocycles. The second-order valence-electron chi connectivity index (χ2n) is 18.7. The first kappa shape index (κ1) is 67.2. The quantitative estimate of drug-likeness (QED) is 0.0197. The number of unbranched alkanes of at least 4 members (excludes halogenated alkanes) is 25. The largest absolute Gasteiger partial charge is 0.472 e. The third kappa shape index (κ3) is 50.1. The highest BCUT2D eigenvalue weighted by atomic mass is 31.2. The molecule has 0 aromatic heterocycles. The minimum absolute atomic E-state index is 0.0558. The van der Waals surface area contributed by atoms with Crippen LogP contribution in [0.1, 0.15) is 252 Å². The van der Waals surface area contributed by atoms with E-state index in [0.29, 0.717) is 19.3 Å². The number of phosphoric ester groups is 1. The summed E-state index contributed by atoms with van der Waals surface area (Å²) in [6.07, 6.45) is 56.3. The van der Waals surface area contributed by atoms with Crippen molar-refractivity contribution in [3.05, 3.63) is 60.8 Å². The van der Waals surface area contributed by atoms with Crippen LogP contribution in [0.4, 0.5) is 0 Å². The van der Waals surface area contributed by atoms with Crippen LogP contribution in [0.2, 0.25) is 0 Å². The molecular formula is C58H103O11P. The Morgan fingerprint density at radius 3 is 1.23 bits per heavy atom. The summed E-state index contributed by atoms with van der Waals surface area (Å²) in [4.78, 5) is 48.4. The van der Waals surface area contributed by atoms with Crippen LogP contribution in [0, 0.1) is 0 Å². The molecule has 0 aliphatic heterocycles. The van der Waals surface area contributed by atoms with Crippen molar-refractivity contribution in [3.8, 4) is 0 Å². The molecule has 406 valence electrons. The fourth-order valence-corrected chi connectivity index (χ4v) is 8.44. The lowest BCUT2D eigenvalue weighted by atomic mass is 10.0. The maximum absolute atomic E-state index is 12.9. The van der Waals surface area contributed by atoms with E-state index in [0.717, 1.165) is 83.5 Å². The Bertz CT molecular complexity index is 1410. The number of esters is 3. The third-order valence-electron chi connectivity index (χ3n) is 11.9. The molecule has 11 nitrogen and oxygen atoms in total. The number of ether oxygens (including phenoxy) is 3. The smallest absolute Gasteiger partial charge is 0.462 e. The van der Waals surface area contributed by atoms with Crippen molar-refractivity contribution >= 4 is 25.7 Å². The van der Waals surface area contributed by atoms with Gasteiger partial charge in [-0.15, -0.1) is 0 Å². The van der Waals surface area contributed by atoms with Crippen LogP contribution in [0.25, 0.3) is 0 Å². The Hall–Kier alpha value is -2.82. The summed E-state index contributed by atoms with van der Waals surface area (Å²) in [5.74, 6) is -1.55. The van der Waals surface area contributed by atoms with Gasteiger partial charge in [0.1, 0.15) is 12.7 Å². The van der Waals surface area contributed by atoms with Crippen LogP contribution in [0.3, 0.4) is 0 Å². The summed E-state index contributed by atoms with van der Waals surface area (Å²) in [5.41, 5.74) is 0. The highest BCUT2D eigenvalue weighted by Gasteiger charge is 2.28. The molecule has 0 heterocycles. The molecule has 0 aromatic carbocycles. The summed E-state index contributed by atoms with van der Waals surface area (Å²) >= 11 is 0. The lowest BCUT2D eigenvalue weighted by Crippen LogP contribution is -2.30. The van der Waals surface area contributed by atoms with Crippen LogP contribution in [0.5, 0.6) is 0 Å². The second-order valence-corrected chi connectivity index (χ2v) is 20.2. The zero-order valence-electron chi connectivity index (χ0n) is 44.7. The number of aliphatic hydroxyl groups is 1. The minimum atomic E-state index is -4.76. The van der Waals surface area contributed by atoms with E-state index >= 15 is 0 Å². The van der Waals surface area contributed by atoms with Crippen molar-refractivity contribution in [2.45, 2.75) is 264 Å². The lowest BCUT2D eigenvalue weighted by molar-refractivity contribution is -0.161. The van der Waals surface area contributed by atoms with E-state index in [9.17, 15) is 28.9 Å². The van der Waals surface area contributed by atoms with Gasteiger partial charge >= 0.3 is 25.7 Å². The molecule has 0 rings (SSSR count). The normalized spacial score (nSPS) is 13.8. The number of rotatable bonds is 52. The van der Waals surface area contributed by atoms with Gasteiger partial charge in [-0.25, -0.2) is 4.57 Å². The molecule has 0 fully saturated rings. The fraction of sp³-hybridized carbons (Fsp3) is 0.776. The van der Waals surface area contributed by atoms with Gasteiger partial charge in [0.25, 0.3) is 0 Å². The fourth-order valence-electron chi connectivity index (χ4n) is 7.66. The SMILES string of the molecule is CC/C=C\C/C=C\C/C=C\C/C=C\CCC(=O)OC(CO)COP(=O)(O)OCC(COC(=O)CCCCCCCCCCCCCCCCC)OC(=O)CCCCCCC/C=C\CCCCCCCC. The maximum atomic E-state index is 12.9. The Morgan fingerprint density at radius 1 is 0.414 bits per heavy atom. The van der Waals surface area contributed by atoms with E-state index in [1.54, 1.807) is 0 Å². The number of phosphoric acid groups is 1. The molecular weight excluding hydrogens is 904 g/mol. The van der Waals surface area contributed by atoms with Crippen molar-refractivity contribution < 1.29 is 52.2 Å². The molecule has 0 bridgehead atoms. The van der Waals surface area contributed by atoms with Gasteiger partial charge in [-0.3, -0.25) is 23.4 Å². The van der Waals surface area contributed by atoms with Crippen LogP contribution in [-0.2, 0) is 42.2 Å². The first-order valence-electron chi connectivity index (χ1n) is 28.2. The Labute approximate surface area is 427 Å². The molecule has 0 aliphatic rings. The van der Waals surface area contributed by atoms with Gasteiger partial charge in [-0.1, -0.05) is 223 Å². The molecule has 0 saturated carbocycles. The van der Waals surface area contributed by atoms with Gasteiger partial charge < -0.3 is 24.2 Å². The van der Waals surface area contributed by atoms with Gasteiger partial charge in [0.15, 0.2) is 6.10 Å². The molecule has 0 amide bonds. The topological polar surface area (TPSA) is 155 Å². The van der Waals surface area contributed by atoms with E-state index in [-0.39, 0.29) is 25.9 Å². The van der Waals surface area contributed by atoms with E-state index in [1.807, 2.05) is 12.2 Å². The molecule has 70 heavy (non-hydrogen) atoms. The van der Waals surface area contributed by atoms with Crippen LogP contribution in [-0.4, -0.2) is 66.5 Å². The summed E-state index contributed by atoms with van der Waals surface area (Å²) in [6, 6.07) is 0. The standard InChI is InChI=1S/C58H103O11P/c1-4-7-10-13-16-19-22-25-27-30-32-35-38-41-44-47-56(60)65-51-55(69-58(62)49-46-43-40-37-34-31-28-26-23-20-17-14-11-8-5-2)53-67-70(63,64)66-52-54(50-59)68-57(61)48-45-42-39-36-33-29-24-21-18-15-12-9-6-3/h9,12,18,21,26,28-29,33,39,42,54-55,59H,4-8,10-11,13-17,19-20,22-25,27,30-32,34-38,40-41,43-53H2,1-3H3,(H,63,64)/b12-9-,21-18-,28-26-,33-29-,42-39-. The van der Waals surface area contributed by atoms with Crippen molar-refractivity contribution in [3.63, 3.8) is 0 Å². The van der Waals surface area contributed by atoms with Crippen LogP contribution >= 0.6 is 7.82 Å². The van der Waals surface area contributed by atoms with E-state index in [1.165, 1.54) is 109 Å². The molecule has 0 aliphatic carbocycles. The van der Waals surface area contributed by atoms with Gasteiger partial charge in [0.2, 0.25) is 0 Å². The Balaban J connectivity index is 4.78. The maximum Gasteiger partial charge on any atom is 0.472 e. The zero-order chi connectivity index (χ0) is 51.3. The number of carbonyl (C=O) groups is 3. The third-order valence-corrected chi connectivity index (χ3v) is 12.9. The first-order chi connectivity index (χ1) is 34.2. The number of carbonyl (C=O) groups excluding carboxylic acids is 3. The molecule has 0 aromatic rings. The molecule has 12 heteroatoms. The first-order valence-corrected chi connectivity index (χ1v) is 29.7. The van der Waals surface area contributed by atoms with Crippen LogP contribution < -0.4 is 0 Å². The lowest BCUT2D eigenvalue weighted by Gasteiger charge is -2.21. The number of hydrogen-bond acceptors (Lipinski definition) is 10. The Morgan fingerprint density at radius 2 is 0.771 bits per heavy atom. The highest BCUT2D eigenvalue weighted by Crippen LogP contribution is 2.43. The predicted molar refractivity (Wildman–Crippen MR) is 288 cm³/mol. The number of allylic oxidation sites excluding steroid dienone is 10. The predicted octanol–water partition coefficient (Wildman–Crippen LogP) is 16.4. The summed E-state index contributed by atoms with van der Waals surface area (Å²) < 4.78 is 39.4. The molecule has 3 atom stereocenters. The van der Waals surface area contributed by atoms with E-state index in [4.69, 9.17) is 23.3 Å². The summed E-state index contributed by atoms with van der Waals surface area (Å²) in [7, 11) is -4.76. The number of aliphatic hydroxyl groups excluding tert-OH is 1. The summed E-state index contributed by atoms with van der Waals surface area (Å²) in [5, 5.41) is 9.78. The monoisotopic (exact) mass is 1010 g/mol. The average Bonchev–Trinajstić information content (AvgIpc) is 3.35. The van der Waals surface area contributed by atoms with Gasteiger partial charge in [0.05, 0.1) is 19.8 Å². The Kier molecular flexibility index (Phi) is 50.4. The minimum Gasteiger partial charge on any atom is -0.462 e. The van der Waals surface area contributed by atoms with Gasteiger partial charge in [-0.05, 0) is 70.6 Å². The average molecular weight is 1010 g/mol. The van der Waals surface area contributed by atoms with Gasteiger partial charge in [-0.2, -0.15) is 0 Å². The van der Waals surface area contributed by atoms with Crippen molar-refractivity contribution in [1.29, 1.82) is 0 Å². The van der Waals surface area contributed by atoms with Crippen molar-refractivity contribution in [2.75, 3.05) is 26.4 Å². The van der Waals surface area contributed by atoms with Gasteiger partial charge in [0, 0.05) is 19.3 Å². The van der Waals surface area contributed by atoms with E-state index in [2.05, 4.69) is 69.4 Å². The molecule has 2 N–H and O–H groups in total. The summed E-state index contributed by atoms with van der Waals surface area (Å²) in [6.45, 7) is 4.45. The highest BCUT2D eigenvalue weighted by molar-refractivity contribution is 7.47. The van der Waals surface area contributed by atoms with E-state index < -0.39 is 57.8 Å². The van der Waals surface area contributed by atoms with Crippen molar-refractivity contribution in [1.82, 2.24) is 0 Å². The van der Waals surface area contributed by atoms with Crippen molar-refractivity contribution in [2.24, 2.45) is 0 Å². The number of hydrogen-bond donors (Lipinski definition) is 2. The molecule has 3 unspecified atom stereocenters. The second kappa shape index (κ2) is 52.5. The zero-order valence-corrected chi connectivity index (χ0v) is 45.6.